The van der Waals surface area contributed by atoms with E-state index in [4.69, 9.17) is 5.11 Å². The summed E-state index contributed by atoms with van der Waals surface area (Å²) in [5.41, 5.74) is 0. The van der Waals surface area contributed by atoms with E-state index < -0.39 is 6.23 Å². The van der Waals surface area contributed by atoms with Crippen LogP contribution in [0.25, 0.3) is 0 Å². The molecule has 1 atom stereocenters. The first-order valence-electron chi connectivity index (χ1n) is 2.98. The largest absolute Gasteiger partial charge is 0.374 e. The average Bonchev–Trinajstić information content (AvgIpc) is 1.63. The van der Waals surface area contributed by atoms with Crippen molar-refractivity contribution in [3.63, 3.8) is 0 Å². The second-order valence-electron chi connectivity index (χ2n) is 1.80. The molecule has 1 unspecified atom stereocenters. The summed E-state index contributed by atoms with van der Waals surface area (Å²) in [5.74, 6) is -0.215. The quantitative estimate of drug-likeness (QED) is 0.530. The van der Waals surface area contributed by atoms with Crippen LogP contribution < -0.4 is 5.32 Å². The number of hydrogen-bond acceptors (Lipinski definition) is 2. The highest BCUT2D eigenvalue weighted by atomic mass is 16.3. The molecule has 0 aromatic rings. The molecule has 0 saturated carbocycles. The number of rotatable bonds is 3. The van der Waals surface area contributed by atoms with E-state index >= 15 is 0 Å². The van der Waals surface area contributed by atoms with Crippen molar-refractivity contribution in [2.75, 3.05) is 0 Å². The van der Waals surface area contributed by atoms with Crippen molar-refractivity contribution >= 4 is 5.91 Å². The Labute approximate surface area is 55.1 Å². The van der Waals surface area contributed by atoms with Crippen LogP contribution in [-0.4, -0.2) is 17.2 Å². The number of aliphatic hydroxyl groups excluding tert-OH is 1. The first-order valence-corrected chi connectivity index (χ1v) is 2.98. The third-order valence-corrected chi connectivity index (χ3v) is 0.741. The first-order chi connectivity index (χ1) is 4.16. The van der Waals surface area contributed by atoms with E-state index in [2.05, 4.69) is 5.32 Å². The van der Waals surface area contributed by atoms with Gasteiger partial charge in [0.1, 0.15) is 6.23 Å². The highest BCUT2D eigenvalue weighted by molar-refractivity contribution is 5.84. The zero-order chi connectivity index (χ0) is 7.28. The van der Waals surface area contributed by atoms with Crippen LogP contribution in [-0.2, 0) is 4.79 Å². The van der Waals surface area contributed by atoms with Crippen LogP contribution in [0.3, 0.4) is 0 Å². The summed E-state index contributed by atoms with van der Waals surface area (Å²) in [6.45, 7) is 3.36. The molecule has 0 aliphatic carbocycles. The second kappa shape index (κ2) is 4.32. The third kappa shape index (κ3) is 5.30. The summed E-state index contributed by atoms with van der Waals surface area (Å²) >= 11 is 0. The van der Waals surface area contributed by atoms with Gasteiger partial charge in [-0.05, 0) is 13.3 Å². The molecule has 0 aliphatic heterocycles. The van der Waals surface area contributed by atoms with Crippen molar-refractivity contribution in [3.8, 4) is 0 Å². The van der Waals surface area contributed by atoms with Crippen LogP contribution >= 0.6 is 0 Å². The van der Waals surface area contributed by atoms with Crippen molar-refractivity contribution in [3.05, 3.63) is 6.42 Å². The number of hydrogen-bond donors (Lipinski definition) is 2. The Kier molecular flexibility index (Phi) is 4.05. The van der Waals surface area contributed by atoms with Crippen LogP contribution in [0.5, 0.6) is 0 Å². The lowest BCUT2D eigenvalue weighted by Gasteiger charge is -2.04. The number of nitrogens with one attached hydrogen (secondary N) is 1. The molecule has 53 valence electrons. The second-order valence-corrected chi connectivity index (χ2v) is 1.80. The molecule has 0 heterocycles. The lowest BCUT2D eigenvalue weighted by molar-refractivity contribution is -0.120. The van der Waals surface area contributed by atoms with Gasteiger partial charge < -0.3 is 10.4 Å². The Morgan fingerprint density at radius 2 is 2.44 bits per heavy atom. The lowest BCUT2D eigenvalue weighted by atomic mass is 10.3. The van der Waals surface area contributed by atoms with Gasteiger partial charge in [-0.3, -0.25) is 4.79 Å². The van der Waals surface area contributed by atoms with Crippen molar-refractivity contribution in [1.82, 2.24) is 5.32 Å². The zero-order valence-electron chi connectivity index (χ0n) is 5.72. The first kappa shape index (κ1) is 8.43. The Bertz CT molecular complexity index is 91.1. The van der Waals surface area contributed by atoms with Gasteiger partial charge in [0.05, 0.1) is 0 Å². The van der Waals surface area contributed by atoms with E-state index in [1.807, 2.05) is 6.92 Å². The number of amides is 1. The van der Waals surface area contributed by atoms with E-state index in [0.29, 0.717) is 6.42 Å². The van der Waals surface area contributed by atoms with Crippen molar-refractivity contribution in [1.29, 1.82) is 0 Å². The Morgan fingerprint density at radius 1 is 1.89 bits per heavy atom. The molecule has 0 bridgehead atoms. The molecule has 0 saturated heterocycles. The maximum atomic E-state index is 10.5. The van der Waals surface area contributed by atoms with Gasteiger partial charge in [-0.25, -0.2) is 0 Å². The Balaban J connectivity index is 3.27. The van der Waals surface area contributed by atoms with Gasteiger partial charge in [0.2, 0.25) is 5.91 Å². The van der Waals surface area contributed by atoms with Crippen molar-refractivity contribution in [2.24, 2.45) is 0 Å². The summed E-state index contributed by atoms with van der Waals surface area (Å²) in [6.07, 6.45) is 1.42. The molecule has 2 N–H and O–H groups in total. The molecule has 0 rings (SSSR count). The molecule has 3 heteroatoms. The third-order valence-electron chi connectivity index (χ3n) is 0.741. The molecule has 9 heavy (non-hydrogen) atoms. The van der Waals surface area contributed by atoms with Gasteiger partial charge in [0, 0.05) is 6.42 Å². The molecule has 1 amide bonds. The van der Waals surface area contributed by atoms with Crippen molar-refractivity contribution in [2.45, 2.75) is 26.5 Å². The van der Waals surface area contributed by atoms with E-state index in [9.17, 15) is 4.79 Å². The summed E-state index contributed by atoms with van der Waals surface area (Å²) in [4.78, 5) is 10.5. The molecule has 0 aromatic carbocycles. The molecule has 3 nitrogen and oxygen atoms in total. The van der Waals surface area contributed by atoms with Crippen LogP contribution in [0.2, 0.25) is 0 Å². The summed E-state index contributed by atoms with van der Waals surface area (Å²) in [6, 6.07) is 0. The molecule has 1 radical (unpaired) electrons. The SMILES string of the molecule is CC[CH]C(=O)NC(C)O. The normalized spacial score (nSPS) is 12.8. The van der Waals surface area contributed by atoms with E-state index in [1.165, 1.54) is 13.3 Å². The van der Waals surface area contributed by atoms with Gasteiger partial charge in [0.15, 0.2) is 0 Å². The van der Waals surface area contributed by atoms with Crippen LogP contribution in [0.4, 0.5) is 0 Å². The Hall–Kier alpha value is -0.570. The Morgan fingerprint density at radius 3 is 2.78 bits per heavy atom. The highest BCUT2D eigenvalue weighted by Crippen LogP contribution is 1.84. The molecule has 0 spiro atoms. The number of carbonyl (C=O) groups excluding carboxylic acids is 1. The van der Waals surface area contributed by atoms with Gasteiger partial charge in [0.25, 0.3) is 0 Å². The van der Waals surface area contributed by atoms with Gasteiger partial charge in [-0.15, -0.1) is 0 Å². The van der Waals surface area contributed by atoms with Gasteiger partial charge in [-0.2, -0.15) is 0 Å². The minimum absolute atomic E-state index is 0.215. The number of aliphatic hydroxyl groups is 1. The molecular formula is C6H12NO2. The lowest BCUT2D eigenvalue weighted by Crippen LogP contribution is -2.31. The van der Waals surface area contributed by atoms with Gasteiger partial charge in [-0.1, -0.05) is 6.92 Å². The monoisotopic (exact) mass is 130 g/mol. The van der Waals surface area contributed by atoms with Gasteiger partial charge >= 0.3 is 0 Å². The molecule has 0 aromatic heterocycles. The van der Waals surface area contributed by atoms with E-state index in [0.717, 1.165) is 0 Å². The number of carbonyl (C=O) groups is 1. The van der Waals surface area contributed by atoms with Crippen LogP contribution in [0, 0.1) is 6.42 Å². The maximum absolute atomic E-state index is 10.5. The highest BCUT2D eigenvalue weighted by Gasteiger charge is 2.00. The molecular weight excluding hydrogens is 118 g/mol. The zero-order valence-corrected chi connectivity index (χ0v) is 5.72. The summed E-state index contributed by atoms with van der Waals surface area (Å²) in [5, 5.41) is 10.9. The van der Waals surface area contributed by atoms with E-state index in [1.54, 1.807) is 0 Å². The standard InChI is InChI=1S/C6H12NO2/c1-3-4-6(9)7-5(2)8/h4-5,8H,3H2,1-2H3,(H,7,9). The minimum Gasteiger partial charge on any atom is -0.374 e. The fourth-order valence-electron chi connectivity index (χ4n) is 0.450. The molecule has 0 fully saturated rings. The fourth-order valence-corrected chi connectivity index (χ4v) is 0.450. The predicted molar refractivity (Wildman–Crippen MR) is 34.4 cm³/mol. The van der Waals surface area contributed by atoms with Crippen LogP contribution in [0.15, 0.2) is 0 Å². The van der Waals surface area contributed by atoms with E-state index in [-0.39, 0.29) is 5.91 Å². The average molecular weight is 130 g/mol. The molecule has 0 aliphatic rings. The summed E-state index contributed by atoms with van der Waals surface area (Å²) < 4.78 is 0. The topological polar surface area (TPSA) is 49.3 Å². The maximum Gasteiger partial charge on any atom is 0.225 e. The smallest absolute Gasteiger partial charge is 0.225 e. The summed E-state index contributed by atoms with van der Waals surface area (Å²) in [7, 11) is 0. The minimum atomic E-state index is -0.750. The fraction of sp³-hybridized carbons (Fsp3) is 0.667. The van der Waals surface area contributed by atoms with Crippen LogP contribution in [0.1, 0.15) is 20.3 Å². The van der Waals surface area contributed by atoms with Crippen molar-refractivity contribution < 1.29 is 9.90 Å². The predicted octanol–water partition coefficient (Wildman–Crippen LogP) is 0.0552.